The standard InChI is InChI=1S/C12H18N2O4/c1-8-10(12(16)17)6-9(18-8)7-13-5-4-11(15)14(2)3/h6,13H,4-5,7H2,1-3H3,(H,16,17). The van der Waals surface area contributed by atoms with Gasteiger partial charge in [-0.2, -0.15) is 0 Å². The van der Waals surface area contributed by atoms with Crippen LogP contribution >= 0.6 is 0 Å². The third kappa shape index (κ3) is 3.89. The number of amides is 1. The Morgan fingerprint density at radius 1 is 1.44 bits per heavy atom. The molecule has 6 heteroatoms. The Hall–Kier alpha value is -1.82. The van der Waals surface area contributed by atoms with Gasteiger partial charge in [-0.1, -0.05) is 0 Å². The Bertz CT molecular complexity index is 437. The highest BCUT2D eigenvalue weighted by atomic mass is 16.4. The van der Waals surface area contributed by atoms with Crippen molar-refractivity contribution in [3.8, 4) is 0 Å². The largest absolute Gasteiger partial charge is 0.478 e. The van der Waals surface area contributed by atoms with Crippen LogP contribution in [0.2, 0.25) is 0 Å². The van der Waals surface area contributed by atoms with E-state index in [0.717, 1.165) is 0 Å². The Kier molecular flexibility index (Phi) is 4.91. The van der Waals surface area contributed by atoms with Gasteiger partial charge in [0.25, 0.3) is 0 Å². The molecule has 0 spiro atoms. The molecule has 0 fully saturated rings. The van der Waals surface area contributed by atoms with Gasteiger partial charge < -0.3 is 19.7 Å². The van der Waals surface area contributed by atoms with Gasteiger partial charge in [0, 0.05) is 27.1 Å². The van der Waals surface area contributed by atoms with E-state index in [-0.39, 0.29) is 11.5 Å². The van der Waals surface area contributed by atoms with Crippen molar-refractivity contribution in [1.82, 2.24) is 10.2 Å². The fourth-order valence-electron chi connectivity index (χ4n) is 1.47. The number of carbonyl (C=O) groups is 2. The number of rotatable bonds is 6. The van der Waals surface area contributed by atoms with Gasteiger partial charge in [-0.15, -0.1) is 0 Å². The number of aryl methyl sites for hydroxylation is 1. The first-order valence-corrected chi connectivity index (χ1v) is 5.65. The first-order valence-electron chi connectivity index (χ1n) is 5.65. The lowest BCUT2D eigenvalue weighted by molar-refractivity contribution is -0.128. The van der Waals surface area contributed by atoms with E-state index in [1.807, 2.05) is 0 Å². The van der Waals surface area contributed by atoms with Crippen LogP contribution in [0, 0.1) is 6.92 Å². The molecule has 0 radical (unpaired) electrons. The Morgan fingerprint density at radius 3 is 2.61 bits per heavy atom. The predicted molar refractivity (Wildman–Crippen MR) is 65.4 cm³/mol. The van der Waals surface area contributed by atoms with Crippen LogP contribution < -0.4 is 5.32 Å². The molecule has 0 unspecified atom stereocenters. The lowest BCUT2D eigenvalue weighted by Gasteiger charge is -2.09. The van der Waals surface area contributed by atoms with Crippen LogP contribution in [0.15, 0.2) is 10.5 Å². The number of carboxylic acid groups (broad SMARTS) is 1. The second kappa shape index (κ2) is 6.20. The molecule has 1 heterocycles. The van der Waals surface area contributed by atoms with Crippen molar-refractivity contribution in [2.45, 2.75) is 19.9 Å². The monoisotopic (exact) mass is 254 g/mol. The van der Waals surface area contributed by atoms with E-state index < -0.39 is 5.97 Å². The van der Waals surface area contributed by atoms with E-state index in [1.54, 1.807) is 21.0 Å². The average Bonchev–Trinajstić information content (AvgIpc) is 2.65. The van der Waals surface area contributed by atoms with Gasteiger partial charge in [0.2, 0.25) is 5.91 Å². The minimum atomic E-state index is -0.995. The van der Waals surface area contributed by atoms with E-state index in [9.17, 15) is 9.59 Å². The number of carboxylic acids is 1. The van der Waals surface area contributed by atoms with Crippen LogP contribution in [0.4, 0.5) is 0 Å². The molecular weight excluding hydrogens is 236 g/mol. The third-order valence-corrected chi connectivity index (χ3v) is 2.51. The predicted octanol–water partition coefficient (Wildman–Crippen LogP) is 0.854. The number of hydrogen-bond acceptors (Lipinski definition) is 4. The summed E-state index contributed by atoms with van der Waals surface area (Å²) in [5.74, 6) is 0.000468. The highest BCUT2D eigenvalue weighted by Gasteiger charge is 2.13. The number of nitrogens with one attached hydrogen (secondary N) is 1. The summed E-state index contributed by atoms with van der Waals surface area (Å²) in [6, 6.07) is 1.50. The third-order valence-electron chi connectivity index (χ3n) is 2.51. The zero-order valence-electron chi connectivity index (χ0n) is 10.8. The van der Waals surface area contributed by atoms with Gasteiger partial charge in [-0.25, -0.2) is 4.79 Å². The molecule has 1 amide bonds. The lowest BCUT2D eigenvalue weighted by atomic mass is 10.2. The Labute approximate surface area is 106 Å². The number of aromatic carboxylic acids is 1. The highest BCUT2D eigenvalue weighted by molar-refractivity contribution is 5.88. The summed E-state index contributed by atoms with van der Waals surface area (Å²) in [6.45, 7) is 2.55. The minimum Gasteiger partial charge on any atom is -0.478 e. The quantitative estimate of drug-likeness (QED) is 0.735. The highest BCUT2D eigenvalue weighted by Crippen LogP contribution is 2.14. The van der Waals surface area contributed by atoms with Gasteiger partial charge in [-0.3, -0.25) is 4.79 Å². The van der Waals surface area contributed by atoms with Crippen molar-refractivity contribution < 1.29 is 19.1 Å². The van der Waals surface area contributed by atoms with E-state index in [1.165, 1.54) is 11.0 Å². The number of hydrogen-bond donors (Lipinski definition) is 2. The van der Waals surface area contributed by atoms with Crippen LogP contribution in [0.25, 0.3) is 0 Å². The van der Waals surface area contributed by atoms with Crippen LogP contribution in [0.5, 0.6) is 0 Å². The molecule has 6 nitrogen and oxygen atoms in total. The minimum absolute atomic E-state index is 0.0457. The molecule has 0 aliphatic heterocycles. The molecule has 0 aliphatic rings. The molecule has 2 N–H and O–H groups in total. The molecule has 0 aromatic carbocycles. The summed E-state index contributed by atoms with van der Waals surface area (Å²) in [7, 11) is 3.41. The smallest absolute Gasteiger partial charge is 0.339 e. The first kappa shape index (κ1) is 14.2. The van der Waals surface area contributed by atoms with Crippen molar-refractivity contribution in [3.05, 3.63) is 23.2 Å². The molecular formula is C12H18N2O4. The van der Waals surface area contributed by atoms with E-state index in [2.05, 4.69) is 5.32 Å². The second-order valence-corrected chi connectivity index (χ2v) is 4.20. The van der Waals surface area contributed by atoms with Crippen molar-refractivity contribution in [2.24, 2.45) is 0 Å². The molecule has 0 bridgehead atoms. The topological polar surface area (TPSA) is 82.8 Å². The van der Waals surface area contributed by atoms with Gasteiger partial charge in [0.05, 0.1) is 6.54 Å². The van der Waals surface area contributed by atoms with Crippen LogP contribution in [0.3, 0.4) is 0 Å². The molecule has 0 saturated heterocycles. The fraction of sp³-hybridized carbons (Fsp3) is 0.500. The summed E-state index contributed by atoms with van der Waals surface area (Å²) in [6.07, 6.45) is 0.401. The lowest BCUT2D eigenvalue weighted by Crippen LogP contribution is -2.26. The zero-order valence-corrected chi connectivity index (χ0v) is 10.8. The van der Waals surface area contributed by atoms with E-state index >= 15 is 0 Å². The maximum absolute atomic E-state index is 11.3. The van der Waals surface area contributed by atoms with Crippen molar-refractivity contribution in [1.29, 1.82) is 0 Å². The van der Waals surface area contributed by atoms with Crippen LogP contribution in [0.1, 0.15) is 28.3 Å². The zero-order chi connectivity index (χ0) is 13.7. The molecule has 1 aromatic heterocycles. The number of furan rings is 1. The van der Waals surface area contributed by atoms with E-state index in [4.69, 9.17) is 9.52 Å². The van der Waals surface area contributed by atoms with Crippen molar-refractivity contribution in [3.63, 3.8) is 0 Å². The van der Waals surface area contributed by atoms with E-state index in [0.29, 0.717) is 31.0 Å². The normalized spacial score (nSPS) is 10.4. The SMILES string of the molecule is Cc1oc(CNCCC(=O)N(C)C)cc1C(=O)O. The first-order chi connectivity index (χ1) is 8.41. The molecule has 100 valence electrons. The van der Waals surface area contributed by atoms with Gasteiger partial charge in [0.15, 0.2) is 0 Å². The van der Waals surface area contributed by atoms with Gasteiger partial charge >= 0.3 is 5.97 Å². The maximum Gasteiger partial charge on any atom is 0.339 e. The molecule has 0 atom stereocenters. The van der Waals surface area contributed by atoms with Crippen molar-refractivity contribution in [2.75, 3.05) is 20.6 Å². The Morgan fingerprint density at radius 2 is 2.11 bits per heavy atom. The molecule has 1 rings (SSSR count). The van der Waals surface area contributed by atoms with Crippen LogP contribution in [-0.4, -0.2) is 42.5 Å². The Balaban J connectivity index is 2.38. The van der Waals surface area contributed by atoms with Crippen LogP contribution in [-0.2, 0) is 11.3 Å². The van der Waals surface area contributed by atoms with Gasteiger partial charge in [0.1, 0.15) is 17.1 Å². The summed E-state index contributed by atoms with van der Waals surface area (Å²) < 4.78 is 5.29. The summed E-state index contributed by atoms with van der Waals surface area (Å²) >= 11 is 0. The number of carbonyl (C=O) groups excluding carboxylic acids is 1. The van der Waals surface area contributed by atoms with Gasteiger partial charge in [-0.05, 0) is 13.0 Å². The fourth-order valence-corrected chi connectivity index (χ4v) is 1.47. The number of nitrogens with zero attached hydrogens (tertiary/aromatic N) is 1. The molecule has 0 aliphatic carbocycles. The maximum atomic E-state index is 11.3. The average molecular weight is 254 g/mol. The summed E-state index contributed by atoms with van der Waals surface area (Å²) in [5.41, 5.74) is 0.177. The molecule has 18 heavy (non-hydrogen) atoms. The summed E-state index contributed by atoms with van der Waals surface area (Å²) in [5, 5.41) is 11.9. The molecule has 1 aromatic rings. The summed E-state index contributed by atoms with van der Waals surface area (Å²) in [4.78, 5) is 23.6. The second-order valence-electron chi connectivity index (χ2n) is 4.20. The molecule has 0 saturated carbocycles. The van der Waals surface area contributed by atoms with Crippen molar-refractivity contribution >= 4 is 11.9 Å².